The first-order valence-electron chi connectivity index (χ1n) is 6.70. The van der Waals surface area contributed by atoms with Crippen LogP contribution in [0, 0.1) is 0 Å². The first kappa shape index (κ1) is 14.3. The van der Waals surface area contributed by atoms with Gasteiger partial charge in [0, 0.05) is 25.1 Å². The first-order chi connectivity index (χ1) is 10.7. The molecule has 110 valence electrons. The van der Waals surface area contributed by atoms with Gasteiger partial charge in [-0.15, -0.1) is 0 Å². The van der Waals surface area contributed by atoms with Gasteiger partial charge in [-0.25, -0.2) is 9.97 Å². The van der Waals surface area contributed by atoms with Gasteiger partial charge in [0.25, 0.3) is 5.91 Å². The fourth-order valence-electron chi connectivity index (χ4n) is 2.03. The van der Waals surface area contributed by atoms with Gasteiger partial charge >= 0.3 is 0 Å². The fraction of sp³-hybridized carbons (Fsp3) is 0.0625. The van der Waals surface area contributed by atoms with E-state index in [4.69, 9.17) is 11.6 Å². The molecule has 6 heteroatoms. The predicted molar refractivity (Wildman–Crippen MR) is 84.0 cm³/mol. The summed E-state index contributed by atoms with van der Waals surface area (Å²) in [5, 5.41) is 3.29. The van der Waals surface area contributed by atoms with Gasteiger partial charge in [-0.1, -0.05) is 23.7 Å². The Morgan fingerprint density at radius 1 is 1.23 bits per heavy atom. The molecule has 1 amide bonds. The maximum atomic E-state index is 12.1. The standard InChI is InChI=1S/C16H13ClN4O/c17-14-4-2-1-3-13(14)16(22)20-10-12-5-6-19-15(9-12)21-8-7-18-11-21/h1-9,11H,10H2,(H,20,22). The molecule has 0 aliphatic carbocycles. The Morgan fingerprint density at radius 2 is 2.09 bits per heavy atom. The molecule has 2 aromatic heterocycles. The summed E-state index contributed by atoms with van der Waals surface area (Å²) in [7, 11) is 0. The molecule has 0 saturated heterocycles. The zero-order chi connectivity index (χ0) is 15.4. The summed E-state index contributed by atoms with van der Waals surface area (Å²) in [5.41, 5.74) is 1.41. The maximum Gasteiger partial charge on any atom is 0.253 e. The highest BCUT2D eigenvalue weighted by Crippen LogP contribution is 2.15. The van der Waals surface area contributed by atoms with E-state index in [9.17, 15) is 4.79 Å². The maximum absolute atomic E-state index is 12.1. The first-order valence-corrected chi connectivity index (χ1v) is 7.08. The highest BCUT2D eigenvalue weighted by molar-refractivity contribution is 6.33. The van der Waals surface area contributed by atoms with Crippen LogP contribution in [-0.4, -0.2) is 20.4 Å². The smallest absolute Gasteiger partial charge is 0.253 e. The highest BCUT2D eigenvalue weighted by Gasteiger charge is 2.09. The van der Waals surface area contributed by atoms with Gasteiger partial charge in [0.2, 0.25) is 0 Å². The fourth-order valence-corrected chi connectivity index (χ4v) is 2.25. The van der Waals surface area contributed by atoms with E-state index in [2.05, 4.69) is 15.3 Å². The number of hydrogen-bond acceptors (Lipinski definition) is 3. The lowest BCUT2D eigenvalue weighted by molar-refractivity contribution is 0.0951. The Bertz CT molecular complexity index is 786. The van der Waals surface area contributed by atoms with Crippen LogP contribution >= 0.6 is 11.6 Å². The number of pyridine rings is 1. The summed E-state index contributed by atoms with van der Waals surface area (Å²) in [6, 6.07) is 10.7. The molecule has 2 heterocycles. The minimum Gasteiger partial charge on any atom is -0.348 e. The number of carbonyl (C=O) groups excluding carboxylic acids is 1. The lowest BCUT2D eigenvalue weighted by Crippen LogP contribution is -2.23. The van der Waals surface area contributed by atoms with Crippen LogP contribution in [0.15, 0.2) is 61.3 Å². The Balaban J connectivity index is 1.71. The number of aromatic nitrogens is 3. The van der Waals surface area contributed by atoms with E-state index in [1.165, 1.54) is 0 Å². The minimum atomic E-state index is -0.202. The molecule has 0 atom stereocenters. The summed E-state index contributed by atoms with van der Waals surface area (Å²) in [5.74, 6) is 0.550. The van der Waals surface area contributed by atoms with Crippen LogP contribution in [0.25, 0.3) is 5.82 Å². The Kier molecular flexibility index (Phi) is 4.16. The second kappa shape index (κ2) is 6.41. The van der Waals surface area contributed by atoms with Crippen LogP contribution in [0.3, 0.4) is 0 Å². The summed E-state index contributed by atoms with van der Waals surface area (Å²) in [6.07, 6.45) is 6.88. The van der Waals surface area contributed by atoms with E-state index in [1.807, 2.05) is 18.3 Å². The van der Waals surface area contributed by atoms with Crippen molar-refractivity contribution in [2.24, 2.45) is 0 Å². The quantitative estimate of drug-likeness (QED) is 0.806. The molecular formula is C16H13ClN4O. The average Bonchev–Trinajstić information content (AvgIpc) is 3.08. The third kappa shape index (κ3) is 3.15. The van der Waals surface area contributed by atoms with Crippen molar-refractivity contribution in [2.75, 3.05) is 0 Å². The highest BCUT2D eigenvalue weighted by atomic mass is 35.5. The van der Waals surface area contributed by atoms with Crippen LogP contribution in [0.1, 0.15) is 15.9 Å². The molecule has 1 N–H and O–H groups in total. The average molecular weight is 313 g/mol. The number of carbonyl (C=O) groups is 1. The second-order valence-electron chi connectivity index (χ2n) is 4.65. The van der Waals surface area contributed by atoms with Crippen molar-refractivity contribution in [3.63, 3.8) is 0 Å². The van der Waals surface area contributed by atoms with Gasteiger partial charge in [0.05, 0.1) is 10.6 Å². The van der Waals surface area contributed by atoms with Crippen LogP contribution < -0.4 is 5.32 Å². The van der Waals surface area contributed by atoms with Gasteiger partial charge in [-0.3, -0.25) is 9.36 Å². The van der Waals surface area contributed by atoms with E-state index in [0.717, 1.165) is 11.4 Å². The molecule has 0 fully saturated rings. The normalized spacial score (nSPS) is 10.4. The van der Waals surface area contributed by atoms with Gasteiger partial charge < -0.3 is 5.32 Å². The van der Waals surface area contributed by atoms with Gasteiger partial charge in [-0.2, -0.15) is 0 Å². The molecule has 0 unspecified atom stereocenters. The third-order valence-corrected chi connectivity index (χ3v) is 3.48. The zero-order valence-corrected chi connectivity index (χ0v) is 12.4. The molecule has 0 spiro atoms. The van der Waals surface area contributed by atoms with Gasteiger partial charge in [-0.05, 0) is 29.8 Å². The molecule has 1 aromatic carbocycles. The van der Waals surface area contributed by atoms with Gasteiger partial charge in [0.15, 0.2) is 0 Å². The molecule has 0 bridgehead atoms. The monoisotopic (exact) mass is 312 g/mol. The molecular weight excluding hydrogens is 300 g/mol. The largest absolute Gasteiger partial charge is 0.348 e. The molecule has 0 aliphatic rings. The van der Waals surface area contributed by atoms with E-state index < -0.39 is 0 Å². The summed E-state index contributed by atoms with van der Waals surface area (Å²) in [6.45, 7) is 0.397. The summed E-state index contributed by atoms with van der Waals surface area (Å²) in [4.78, 5) is 20.4. The number of nitrogens with one attached hydrogen (secondary N) is 1. The topological polar surface area (TPSA) is 59.8 Å². The van der Waals surface area contributed by atoms with Crippen LogP contribution in [-0.2, 0) is 6.54 Å². The van der Waals surface area contributed by atoms with Crippen molar-refractivity contribution < 1.29 is 4.79 Å². The molecule has 0 saturated carbocycles. The predicted octanol–water partition coefficient (Wildman–Crippen LogP) is 2.85. The van der Waals surface area contributed by atoms with E-state index in [-0.39, 0.29) is 5.91 Å². The SMILES string of the molecule is O=C(NCc1ccnc(-n2ccnc2)c1)c1ccccc1Cl. The van der Waals surface area contributed by atoms with Crippen molar-refractivity contribution in [1.82, 2.24) is 19.9 Å². The Hall–Kier alpha value is -2.66. The van der Waals surface area contributed by atoms with E-state index in [0.29, 0.717) is 17.1 Å². The summed E-state index contributed by atoms with van der Waals surface area (Å²) >= 11 is 6.01. The number of nitrogens with zero attached hydrogens (tertiary/aromatic N) is 3. The zero-order valence-electron chi connectivity index (χ0n) is 11.6. The number of rotatable bonds is 4. The van der Waals surface area contributed by atoms with Gasteiger partial charge in [0.1, 0.15) is 12.1 Å². The molecule has 3 rings (SSSR count). The van der Waals surface area contributed by atoms with Crippen molar-refractivity contribution in [3.05, 3.63) is 77.5 Å². The Morgan fingerprint density at radius 3 is 2.86 bits per heavy atom. The lowest BCUT2D eigenvalue weighted by Gasteiger charge is -2.08. The van der Waals surface area contributed by atoms with Crippen LogP contribution in [0.4, 0.5) is 0 Å². The number of benzene rings is 1. The number of halogens is 1. The van der Waals surface area contributed by atoms with Crippen molar-refractivity contribution in [3.8, 4) is 5.82 Å². The Labute approximate surface area is 132 Å². The molecule has 3 aromatic rings. The number of hydrogen-bond donors (Lipinski definition) is 1. The molecule has 0 aliphatic heterocycles. The lowest BCUT2D eigenvalue weighted by atomic mass is 10.2. The van der Waals surface area contributed by atoms with Crippen molar-refractivity contribution in [2.45, 2.75) is 6.54 Å². The second-order valence-corrected chi connectivity index (χ2v) is 5.06. The molecule has 5 nitrogen and oxygen atoms in total. The minimum absolute atomic E-state index is 0.202. The molecule has 22 heavy (non-hydrogen) atoms. The van der Waals surface area contributed by atoms with E-state index in [1.54, 1.807) is 47.6 Å². The van der Waals surface area contributed by atoms with E-state index >= 15 is 0 Å². The van der Waals surface area contributed by atoms with Crippen LogP contribution in [0.2, 0.25) is 5.02 Å². The number of amides is 1. The van der Waals surface area contributed by atoms with Crippen LogP contribution in [0.5, 0.6) is 0 Å². The molecule has 0 radical (unpaired) electrons. The van der Waals surface area contributed by atoms with Crippen molar-refractivity contribution >= 4 is 17.5 Å². The number of imidazole rings is 1. The summed E-state index contributed by atoms with van der Waals surface area (Å²) < 4.78 is 1.80. The van der Waals surface area contributed by atoms with Crippen molar-refractivity contribution in [1.29, 1.82) is 0 Å². The third-order valence-electron chi connectivity index (χ3n) is 3.15.